The van der Waals surface area contributed by atoms with Crippen LogP contribution in [0.2, 0.25) is 10.4 Å². The van der Waals surface area contributed by atoms with Gasteiger partial charge in [-0.1, -0.05) is 11.6 Å². The molecule has 1 aliphatic rings. The second kappa shape index (κ2) is 4.80. The number of rotatable bonds is 2. The van der Waals surface area contributed by atoms with E-state index >= 15 is 0 Å². The third-order valence-electron chi connectivity index (χ3n) is 2.42. The standard InChI is InChI=1S/C8H6Cl3N3O3S/c9-5-2-6(13-8(10)12-5)14-3-4(1-7(14)15)18(11,16)17/h2,4H,1,3H2. The van der Waals surface area contributed by atoms with Crippen LogP contribution in [0.25, 0.3) is 0 Å². The fourth-order valence-electron chi connectivity index (χ4n) is 1.60. The average molecular weight is 331 g/mol. The van der Waals surface area contributed by atoms with E-state index in [9.17, 15) is 13.2 Å². The first kappa shape index (κ1) is 13.8. The van der Waals surface area contributed by atoms with Gasteiger partial charge in [-0.15, -0.1) is 0 Å². The quantitative estimate of drug-likeness (QED) is 0.466. The zero-order valence-electron chi connectivity index (χ0n) is 8.68. The Morgan fingerprint density at radius 1 is 1.33 bits per heavy atom. The van der Waals surface area contributed by atoms with E-state index in [-0.39, 0.29) is 29.2 Å². The molecular weight excluding hydrogens is 325 g/mol. The number of aromatic nitrogens is 2. The molecule has 0 aliphatic carbocycles. The summed E-state index contributed by atoms with van der Waals surface area (Å²) in [4.78, 5) is 20.3. The summed E-state index contributed by atoms with van der Waals surface area (Å²) in [5.41, 5.74) is 0. The Kier molecular flexibility index (Phi) is 3.68. The minimum Gasteiger partial charge on any atom is -0.295 e. The molecule has 2 heterocycles. The highest BCUT2D eigenvalue weighted by molar-refractivity contribution is 8.14. The Bertz CT molecular complexity index is 587. The van der Waals surface area contributed by atoms with Crippen molar-refractivity contribution in [2.75, 3.05) is 11.4 Å². The lowest BCUT2D eigenvalue weighted by Crippen LogP contribution is -2.27. The van der Waals surface area contributed by atoms with Gasteiger partial charge in [0.05, 0.1) is 0 Å². The van der Waals surface area contributed by atoms with E-state index in [1.165, 1.54) is 11.0 Å². The number of carbonyl (C=O) groups excluding carboxylic acids is 1. The topological polar surface area (TPSA) is 80.2 Å². The van der Waals surface area contributed by atoms with Gasteiger partial charge >= 0.3 is 0 Å². The normalized spacial score (nSPS) is 20.5. The van der Waals surface area contributed by atoms with Crippen LogP contribution >= 0.6 is 33.9 Å². The number of anilines is 1. The summed E-state index contributed by atoms with van der Waals surface area (Å²) in [6.45, 7) is -0.0751. The maximum atomic E-state index is 11.7. The molecule has 0 bridgehead atoms. The van der Waals surface area contributed by atoms with Crippen molar-refractivity contribution in [3.05, 3.63) is 16.5 Å². The number of carbonyl (C=O) groups is 1. The van der Waals surface area contributed by atoms with Crippen LogP contribution in [-0.4, -0.2) is 36.1 Å². The molecule has 1 saturated heterocycles. The van der Waals surface area contributed by atoms with Gasteiger partial charge in [-0.05, 0) is 11.6 Å². The van der Waals surface area contributed by atoms with Crippen LogP contribution in [0.15, 0.2) is 6.07 Å². The second-order valence-electron chi connectivity index (χ2n) is 3.62. The van der Waals surface area contributed by atoms with Crippen molar-refractivity contribution >= 4 is 54.7 Å². The third-order valence-corrected chi connectivity index (χ3v) is 4.65. The molecule has 10 heteroatoms. The summed E-state index contributed by atoms with van der Waals surface area (Å²) in [5.74, 6) is -0.247. The predicted octanol–water partition coefficient (Wildman–Crippen LogP) is 1.46. The average Bonchev–Trinajstić information content (AvgIpc) is 2.58. The number of nitrogens with zero attached hydrogens (tertiary/aromatic N) is 3. The molecule has 0 radical (unpaired) electrons. The van der Waals surface area contributed by atoms with Crippen LogP contribution in [-0.2, 0) is 13.8 Å². The number of halogens is 3. The van der Waals surface area contributed by atoms with Gasteiger partial charge in [-0.3, -0.25) is 9.69 Å². The highest BCUT2D eigenvalue weighted by Gasteiger charge is 2.38. The molecule has 18 heavy (non-hydrogen) atoms. The minimum absolute atomic E-state index is 0.0648. The van der Waals surface area contributed by atoms with Crippen molar-refractivity contribution < 1.29 is 13.2 Å². The lowest BCUT2D eigenvalue weighted by atomic mass is 10.4. The summed E-state index contributed by atoms with van der Waals surface area (Å²) in [5, 5.41) is -1.02. The van der Waals surface area contributed by atoms with E-state index < -0.39 is 20.2 Å². The molecule has 1 amide bonds. The molecule has 1 atom stereocenters. The van der Waals surface area contributed by atoms with Crippen molar-refractivity contribution in [2.24, 2.45) is 0 Å². The van der Waals surface area contributed by atoms with Gasteiger partial charge < -0.3 is 0 Å². The van der Waals surface area contributed by atoms with Gasteiger partial charge in [-0.2, -0.15) is 0 Å². The molecule has 1 fully saturated rings. The molecule has 0 saturated carbocycles. The number of hydrogen-bond donors (Lipinski definition) is 0. The molecule has 1 unspecified atom stereocenters. The first-order valence-electron chi connectivity index (χ1n) is 4.71. The van der Waals surface area contributed by atoms with Crippen LogP contribution in [0, 0.1) is 0 Å². The van der Waals surface area contributed by atoms with Crippen molar-refractivity contribution in [3.8, 4) is 0 Å². The molecule has 98 valence electrons. The summed E-state index contributed by atoms with van der Waals surface area (Å²) < 4.78 is 22.4. The molecule has 1 aliphatic heterocycles. The van der Waals surface area contributed by atoms with Crippen LogP contribution < -0.4 is 4.90 Å². The van der Waals surface area contributed by atoms with Crippen molar-refractivity contribution in [1.82, 2.24) is 9.97 Å². The molecular formula is C8H6Cl3N3O3S. The summed E-state index contributed by atoms with van der Waals surface area (Å²) in [7, 11) is 1.43. The SMILES string of the molecule is O=C1CC(S(=O)(=O)Cl)CN1c1cc(Cl)nc(Cl)n1. The Hall–Kier alpha value is -0.630. The summed E-state index contributed by atoms with van der Waals surface area (Å²) >= 11 is 11.3. The van der Waals surface area contributed by atoms with E-state index in [0.717, 1.165) is 0 Å². The molecule has 0 N–H and O–H groups in total. The van der Waals surface area contributed by atoms with E-state index in [1.807, 2.05) is 0 Å². The molecule has 1 aromatic heterocycles. The van der Waals surface area contributed by atoms with Crippen LogP contribution in [0.5, 0.6) is 0 Å². The Balaban J connectivity index is 2.32. The zero-order valence-corrected chi connectivity index (χ0v) is 11.8. The van der Waals surface area contributed by atoms with Gasteiger partial charge in [0.15, 0.2) is 0 Å². The van der Waals surface area contributed by atoms with E-state index in [4.69, 9.17) is 33.9 Å². The lowest BCUT2D eigenvalue weighted by Gasteiger charge is -2.14. The predicted molar refractivity (Wildman–Crippen MR) is 67.6 cm³/mol. The van der Waals surface area contributed by atoms with Crippen molar-refractivity contribution in [3.63, 3.8) is 0 Å². The fraction of sp³-hybridized carbons (Fsp3) is 0.375. The first-order chi connectivity index (χ1) is 8.27. The summed E-state index contributed by atoms with van der Waals surface area (Å²) in [6, 6.07) is 1.33. The maximum absolute atomic E-state index is 11.7. The zero-order chi connectivity index (χ0) is 13.5. The largest absolute Gasteiger partial charge is 0.295 e. The molecule has 0 spiro atoms. The van der Waals surface area contributed by atoms with Crippen LogP contribution in [0.3, 0.4) is 0 Å². The lowest BCUT2D eigenvalue weighted by molar-refractivity contribution is -0.117. The molecule has 0 aromatic carbocycles. The van der Waals surface area contributed by atoms with E-state index in [2.05, 4.69) is 9.97 Å². The van der Waals surface area contributed by atoms with Gasteiger partial charge in [0, 0.05) is 29.7 Å². The highest BCUT2D eigenvalue weighted by atomic mass is 35.7. The molecule has 6 nitrogen and oxygen atoms in total. The monoisotopic (exact) mass is 329 g/mol. The number of amides is 1. The van der Waals surface area contributed by atoms with Gasteiger partial charge in [0.1, 0.15) is 16.2 Å². The third kappa shape index (κ3) is 2.85. The van der Waals surface area contributed by atoms with Crippen LogP contribution in [0.1, 0.15) is 6.42 Å². The second-order valence-corrected chi connectivity index (χ2v) is 7.26. The Morgan fingerprint density at radius 3 is 2.50 bits per heavy atom. The van der Waals surface area contributed by atoms with Gasteiger partial charge in [0.2, 0.25) is 20.2 Å². The Morgan fingerprint density at radius 2 is 2.00 bits per heavy atom. The molecule has 2 rings (SSSR count). The Labute approximate surface area is 117 Å². The maximum Gasteiger partial charge on any atom is 0.237 e. The highest BCUT2D eigenvalue weighted by Crippen LogP contribution is 2.27. The van der Waals surface area contributed by atoms with E-state index in [1.54, 1.807) is 0 Å². The molecule has 1 aromatic rings. The first-order valence-corrected chi connectivity index (χ1v) is 7.84. The van der Waals surface area contributed by atoms with Crippen molar-refractivity contribution in [2.45, 2.75) is 11.7 Å². The van der Waals surface area contributed by atoms with Gasteiger partial charge in [0.25, 0.3) is 0 Å². The smallest absolute Gasteiger partial charge is 0.237 e. The minimum atomic E-state index is -3.80. The van der Waals surface area contributed by atoms with Gasteiger partial charge in [-0.25, -0.2) is 18.4 Å². The van der Waals surface area contributed by atoms with E-state index in [0.29, 0.717) is 0 Å². The van der Waals surface area contributed by atoms with Crippen LogP contribution in [0.4, 0.5) is 5.82 Å². The summed E-state index contributed by atoms with van der Waals surface area (Å²) in [6.07, 6.45) is -0.189. The number of hydrogen-bond acceptors (Lipinski definition) is 5. The fourth-order valence-corrected chi connectivity index (χ4v) is 3.03. The van der Waals surface area contributed by atoms with Crippen molar-refractivity contribution in [1.29, 1.82) is 0 Å².